The SMILES string of the molecule is CCCCCCCCC(O)C(CCCC)S(=O)(=O)[O-].[K+]. The van der Waals surface area contributed by atoms with E-state index in [1.54, 1.807) is 0 Å². The molecule has 0 aliphatic heterocycles. The summed E-state index contributed by atoms with van der Waals surface area (Å²) >= 11 is 0. The zero-order valence-corrected chi connectivity index (χ0v) is 17.2. The molecule has 1 N–H and O–H groups in total. The summed E-state index contributed by atoms with van der Waals surface area (Å²) in [5.74, 6) is 0. The largest absolute Gasteiger partial charge is 1.00 e. The van der Waals surface area contributed by atoms with Gasteiger partial charge in [0.25, 0.3) is 0 Å². The van der Waals surface area contributed by atoms with Gasteiger partial charge < -0.3 is 9.66 Å². The van der Waals surface area contributed by atoms with Crippen molar-refractivity contribution in [3.63, 3.8) is 0 Å². The van der Waals surface area contributed by atoms with Crippen molar-refractivity contribution >= 4 is 10.1 Å². The summed E-state index contributed by atoms with van der Waals surface area (Å²) in [6, 6.07) is 0. The van der Waals surface area contributed by atoms with Crippen LogP contribution in [-0.4, -0.2) is 29.4 Å². The van der Waals surface area contributed by atoms with Crippen molar-refractivity contribution in [2.45, 2.75) is 89.4 Å². The van der Waals surface area contributed by atoms with Gasteiger partial charge in [0.1, 0.15) is 10.1 Å². The van der Waals surface area contributed by atoms with Gasteiger partial charge in [-0.05, 0) is 12.8 Å². The maximum Gasteiger partial charge on any atom is 1.00 e. The number of unbranched alkanes of at least 4 members (excludes halogenated alkanes) is 6. The molecule has 4 nitrogen and oxygen atoms in total. The van der Waals surface area contributed by atoms with E-state index in [9.17, 15) is 18.1 Å². The van der Waals surface area contributed by atoms with Crippen molar-refractivity contribution in [1.29, 1.82) is 0 Å². The van der Waals surface area contributed by atoms with Gasteiger partial charge in [0.05, 0.1) is 11.4 Å². The second-order valence-corrected chi connectivity index (χ2v) is 6.89. The Bertz CT molecular complexity index is 306. The van der Waals surface area contributed by atoms with E-state index in [1.807, 2.05) is 6.92 Å². The van der Waals surface area contributed by atoms with Gasteiger partial charge in [0.2, 0.25) is 0 Å². The molecule has 0 bridgehead atoms. The van der Waals surface area contributed by atoms with Gasteiger partial charge in [-0.25, -0.2) is 8.42 Å². The number of rotatable bonds is 12. The standard InChI is InChI=1S/C14H30O4S.K/c1-3-5-7-8-9-10-11-13(15)14(12-6-4-2)19(16,17)18;/h13-15H,3-12H2,1-2H3,(H,16,17,18);/q;+1/p-1. The summed E-state index contributed by atoms with van der Waals surface area (Å²) in [6.07, 6.45) is 7.69. The first kappa shape index (κ1) is 23.8. The molecule has 0 radical (unpaired) electrons. The molecule has 0 saturated heterocycles. The quantitative estimate of drug-likeness (QED) is 0.315. The third kappa shape index (κ3) is 12.1. The van der Waals surface area contributed by atoms with Crippen LogP contribution in [0, 0.1) is 0 Å². The number of hydrogen-bond acceptors (Lipinski definition) is 4. The van der Waals surface area contributed by atoms with E-state index in [1.165, 1.54) is 19.3 Å². The Morgan fingerprint density at radius 3 is 1.90 bits per heavy atom. The van der Waals surface area contributed by atoms with Gasteiger partial charge in [-0.3, -0.25) is 0 Å². The topological polar surface area (TPSA) is 77.4 Å². The molecular formula is C14H29KO4S. The normalized spacial score (nSPS) is 14.6. The molecule has 0 aliphatic carbocycles. The first-order valence-electron chi connectivity index (χ1n) is 7.56. The van der Waals surface area contributed by atoms with Crippen LogP contribution in [0.1, 0.15) is 78.1 Å². The van der Waals surface area contributed by atoms with Crippen LogP contribution in [0.15, 0.2) is 0 Å². The van der Waals surface area contributed by atoms with Gasteiger partial charge in [-0.2, -0.15) is 0 Å². The molecule has 6 heteroatoms. The Morgan fingerprint density at radius 1 is 0.900 bits per heavy atom. The first-order valence-corrected chi connectivity index (χ1v) is 9.03. The number of aliphatic hydroxyl groups excluding tert-OH is 1. The van der Waals surface area contributed by atoms with Crippen molar-refractivity contribution in [2.75, 3.05) is 0 Å². The van der Waals surface area contributed by atoms with Crippen molar-refractivity contribution < 1.29 is 69.5 Å². The molecule has 0 heterocycles. The molecule has 0 aromatic rings. The Hall–Kier alpha value is 1.51. The van der Waals surface area contributed by atoms with Crippen LogP contribution in [-0.2, 0) is 10.1 Å². The molecule has 0 saturated carbocycles. The summed E-state index contributed by atoms with van der Waals surface area (Å²) in [7, 11) is -4.39. The molecular weight excluding hydrogens is 303 g/mol. The van der Waals surface area contributed by atoms with E-state index in [0.717, 1.165) is 25.7 Å². The molecule has 0 rings (SSSR count). The summed E-state index contributed by atoms with van der Waals surface area (Å²) in [6.45, 7) is 4.09. The molecule has 2 unspecified atom stereocenters. The van der Waals surface area contributed by atoms with Crippen molar-refractivity contribution in [3.8, 4) is 0 Å². The van der Waals surface area contributed by atoms with E-state index in [4.69, 9.17) is 0 Å². The molecule has 0 fully saturated rings. The van der Waals surface area contributed by atoms with Crippen LogP contribution in [0.25, 0.3) is 0 Å². The van der Waals surface area contributed by atoms with E-state index >= 15 is 0 Å². The summed E-state index contributed by atoms with van der Waals surface area (Å²) < 4.78 is 33.4. The van der Waals surface area contributed by atoms with Crippen LogP contribution in [0.2, 0.25) is 0 Å². The van der Waals surface area contributed by atoms with Gasteiger partial charge in [0.15, 0.2) is 0 Å². The van der Waals surface area contributed by atoms with Crippen LogP contribution in [0.4, 0.5) is 0 Å². The minimum atomic E-state index is -4.39. The predicted octanol–water partition coefficient (Wildman–Crippen LogP) is 0.206. The summed E-state index contributed by atoms with van der Waals surface area (Å²) in [5, 5.41) is 8.77. The fourth-order valence-electron chi connectivity index (χ4n) is 2.25. The second kappa shape index (κ2) is 14.1. The van der Waals surface area contributed by atoms with Gasteiger partial charge in [-0.1, -0.05) is 65.2 Å². The van der Waals surface area contributed by atoms with E-state index < -0.39 is 21.5 Å². The molecule has 0 aromatic carbocycles. The second-order valence-electron chi connectivity index (χ2n) is 5.30. The third-order valence-electron chi connectivity index (χ3n) is 3.50. The molecule has 116 valence electrons. The van der Waals surface area contributed by atoms with Crippen LogP contribution in [0.3, 0.4) is 0 Å². The monoisotopic (exact) mass is 332 g/mol. The molecule has 20 heavy (non-hydrogen) atoms. The third-order valence-corrected chi connectivity index (χ3v) is 4.79. The number of aliphatic hydroxyl groups is 1. The zero-order valence-electron chi connectivity index (χ0n) is 13.3. The average molecular weight is 333 g/mol. The predicted molar refractivity (Wildman–Crippen MR) is 77.0 cm³/mol. The molecule has 2 atom stereocenters. The first-order chi connectivity index (χ1) is 8.93. The fourth-order valence-corrected chi connectivity index (χ4v) is 3.23. The van der Waals surface area contributed by atoms with Crippen molar-refractivity contribution in [2.24, 2.45) is 0 Å². The summed E-state index contributed by atoms with van der Waals surface area (Å²) in [4.78, 5) is 0. The van der Waals surface area contributed by atoms with E-state index in [0.29, 0.717) is 12.8 Å². The van der Waals surface area contributed by atoms with Crippen LogP contribution < -0.4 is 51.4 Å². The Labute approximate surface area is 167 Å². The zero-order chi connectivity index (χ0) is 14.7. The molecule has 0 amide bonds. The van der Waals surface area contributed by atoms with Crippen LogP contribution >= 0.6 is 0 Å². The smallest absolute Gasteiger partial charge is 0.748 e. The van der Waals surface area contributed by atoms with Crippen LogP contribution in [0.5, 0.6) is 0 Å². The molecule has 0 aliphatic rings. The Kier molecular flexibility index (Phi) is 16.8. The van der Waals surface area contributed by atoms with Gasteiger partial charge in [0, 0.05) is 0 Å². The van der Waals surface area contributed by atoms with E-state index in [2.05, 4.69) is 6.92 Å². The summed E-state index contributed by atoms with van der Waals surface area (Å²) in [5.41, 5.74) is 0. The van der Waals surface area contributed by atoms with Gasteiger partial charge in [-0.15, -0.1) is 0 Å². The van der Waals surface area contributed by atoms with Crippen molar-refractivity contribution in [3.05, 3.63) is 0 Å². The van der Waals surface area contributed by atoms with E-state index in [-0.39, 0.29) is 57.8 Å². The Morgan fingerprint density at radius 2 is 1.40 bits per heavy atom. The van der Waals surface area contributed by atoms with Crippen molar-refractivity contribution in [1.82, 2.24) is 0 Å². The minimum absolute atomic E-state index is 0. The fraction of sp³-hybridized carbons (Fsp3) is 1.00. The maximum absolute atomic E-state index is 11.1. The Balaban J connectivity index is 0. The van der Waals surface area contributed by atoms with Gasteiger partial charge >= 0.3 is 51.4 Å². The maximum atomic E-state index is 11.1. The average Bonchev–Trinajstić information content (AvgIpc) is 2.32. The molecule has 0 aromatic heterocycles. The molecule has 0 spiro atoms. The number of hydrogen-bond donors (Lipinski definition) is 1. The minimum Gasteiger partial charge on any atom is -0.748 e.